The Labute approximate surface area is 131 Å². The molecule has 0 bridgehead atoms. The van der Waals surface area contributed by atoms with Gasteiger partial charge in [-0.15, -0.1) is 0 Å². The van der Waals surface area contributed by atoms with E-state index in [2.05, 4.69) is 40.2 Å². The summed E-state index contributed by atoms with van der Waals surface area (Å²) in [6, 6.07) is 6.23. The van der Waals surface area contributed by atoms with Crippen molar-refractivity contribution in [2.45, 2.75) is 20.4 Å². The molecule has 2 rings (SSSR count). The number of nitrogens with zero attached hydrogens (tertiary/aromatic N) is 2. The van der Waals surface area contributed by atoms with E-state index >= 15 is 0 Å². The molecule has 0 saturated carbocycles. The van der Waals surface area contributed by atoms with E-state index in [0.717, 1.165) is 6.54 Å². The van der Waals surface area contributed by atoms with E-state index in [9.17, 15) is 9.18 Å². The average Bonchev–Trinajstić information content (AvgIpc) is 2.42. The first-order chi connectivity index (χ1) is 9.95. The van der Waals surface area contributed by atoms with Gasteiger partial charge in [0, 0.05) is 22.6 Å². The molecule has 2 aromatic rings. The van der Waals surface area contributed by atoms with Crippen LogP contribution in [0.1, 0.15) is 19.4 Å². The van der Waals surface area contributed by atoms with Gasteiger partial charge in [0.2, 0.25) is 0 Å². The van der Waals surface area contributed by atoms with Gasteiger partial charge in [-0.3, -0.25) is 4.79 Å². The molecule has 4 nitrogen and oxygen atoms in total. The van der Waals surface area contributed by atoms with Crippen molar-refractivity contribution in [3.05, 3.63) is 56.7 Å². The average molecular weight is 354 g/mol. The number of anilines is 1. The van der Waals surface area contributed by atoms with Crippen LogP contribution < -0.4 is 10.9 Å². The Morgan fingerprint density at radius 1 is 1.38 bits per heavy atom. The highest BCUT2D eigenvalue weighted by Gasteiger charge is 2.06. The minimum atomic E-state index is -0.361. The van der Waals surface area contributed by atoms with Crippen molar-refractivity contribution in [3.8, 4) is 0 Å². The predicted molar refractivity (Wildman–Crippen MR) is 85.0 cm³/mol. The lowest BCUT2D eigenvalue weighted by atomic mass is 10.2. The van der Waals surface area contributed by atoms with Crippen molar-refractivity contribution in [1.82, 2.24) is 9.78 Å². The third-order valence-electron chi connectivity index (χ3n) is 2.92. The highest BCUT2D eigenvalue weighted by molar-refractivity contribution is 9.10. The van der Waals surface area contributed by atoms with Crippen LogP contribution in [0.2, 0.25) is 0 Å². The Morgan fingerprint density at radius 3 is 2.76 bits per heavy atom. The molecule has 0 spiro atoms. The predicted octanol–water partition coefficient (Wildman–Crippen LogP) is 3.26. The molecule has 1 heterocycles. The molecular weight excluding hydrogens is 337 g/mol. The van der Waals surface area contributed by atoms with Crippen molar-refractivity contribution in [1.29, 1.82) is 0 Å². The minimum absolute atomic E-state index is 0.113. The number of nitrogens with one attached hydrogen (secondary N) is 1. The summed E-state index contributed by atoms with van der Waals surface area (Å²) in [5, 5.41) is 7.22. The monoisotopic (exact) mass is 353 g/mol. The fourth-order valence-corrected chi connectivity index (χ4v) is 2.12. The van der Waals surface area contributed by atoms with Gasteiger partial charge in [0.1, 0.15) is 5.82 Å². The smallest absolute Gasteiger partial charge is 0.269 e. The Bertz CT molecular complexity index is 685. The molecule has 0 aliphatic rings. The summed E-state index contributed by atoms with van der Waals surface area (Å²) in [6.07, 6.45) is 1.58. The number of hydrogen-bond acceptors (Lipinski definition) is 3. The maximum absolute atomic E-state index is 13.8. The van der Waals surface area contributed by atoms with E-state index in [4.69, 9.17) is 0 Å². The lowest BCUT2D eigenvalue weighted by Crippen LogP contribution is -2.24. The van der Waals surface area contributed by atoms with Crippen LogP contribution >= 0.6 is 15.9 Å². The normalized spacial score (nSPS) is 10.9. The second-order valence-electron chi connectivity index (χ2n) is 5.25. The second kappa shape index (κ2) is 6.85. The van der Waals surface area contributed by atoms with Crippen molar-refractivity contribution in [2.24, 2.45) is 5.92 Å². The summed E-state index contributed by atoms with van der Waals surface area (Å²) < 4.78 is 15.7. The van der Waals surface area contributed by atoms with Crippen molar-refractivity contribution in [2.75, 3.05) is 11.9 Å². The summed E-state index contributed by atoms with van der Waals surface area (Å²) in [6.45, 7) is 5.05. The zero-order valence-electron chi connectivity index (χ0n) is 11.9. The maximum Gasteiger partial charge on any atom is 0.269 e. The summed E-state index contributed by atoms with van der Waals surface area (Å²) in [5.41, 5.74) is 0.850. The van der Waals surface area contributed by atoms with Gasteiger partial charge < -0.3 is 5.32 Å². The minimum Gasteiger partial charge on any atom is -0.383 e. The molecule has 1 N–H and O–H groups in total. The number of hydrogen-bond donors (Lipinski definition) is 1. The zero-order valence-corrected chi connectivity index (χ0v) is 13.5. The van der Waals surface area contributed by atoms with Gasteiger partial charge in [0.15, 0.2) is 0 Å². The third-order valence-corrected chi connectivity index (χ3v) is 3.41. The van der Waals surface area contributed by atoms with Gasteiger partial charge >= 0.3 is 0 Å². The van der Waals surface area contributed by atoms with Crippen LogP contribution in [-0.4, -0.2) is 16.3 Å². The topological polar surface area (TPSA) is 46.9 Å². The molecule has 0 unspecified atom stereocenters. The van der Waals surface area contributed by atoms with Crippen molar-refractivity contribution < 1.29 is 4.39 Å². The van der Waals surface area contributed by atoms with E-state index in [0.29, 0.717) is 21.6 Å². The van der Waals surface area contributed by atoms with Crippen molar-refractivity contribution >= 4 is 21.6 Å². The van der Waals surface area contributed by atoms with Crippen LogP contribution in [0.4, 0.5) is 10.1 Å². The molecule has 1 aromatic carbocycles. The molecular formula is C15H17BrFN3O. The summed E-state index contributed by atoms with van der Waals surface area (Å²) in [7, 11) is 0. The van der Waals surface area contributed by atoms with Gasteiger partial charge in [0.25, 0.3) is 5.56 Å². The molecule has 0 radical (unpaired) electrons. The molecule has 0 aliphatic carbocycles. The lowest BCUT2D eigenvalue weighted by Gasteiger charge is -2.10. The van der Waals surface area contributed by atoms with Crippen LogP contribution in [0, 0.1) is 11.7 Å². The van der Waals surface area contributed by atoms with Gasteiger partial charge in [-0.05, 0) is 18.1 Å². The van der Waals surface area contributed by atoms with E-state index in [1.54, 1.807) is 18.3 Å². The Hall–Kier alpha value is -1.69. The van der Waals surface area contributed by atoms with E-state index in [1.807, 2.05) is 0 Å². The highest BCUT2D eigenvalue weighted by atomic mass is 79.9. The van der Waals surface area contributed by atoms with E-state index in [1.165, 1.54) is 16.8 Å². The van der Waals surface area contributed by atoms with Crippen molar-refractivity contribution in [3.63, 3.8) is 0 Å². The Kier molecular flexibility index (Phi) is 5.12. The van der Waals surface area contributed by atoms with E-state index in [-0.39, 0.29) is 17.9 Å². The molecule has 21 heavy (non-hydrogen) atoms. The SMILES string of the molecule is CC(C)CNc1cnn(Cc2ccc(Br)cc2F)c(=O)c1. The fourth-order valence-electron chi connectivity index (χ4n) is 1.78. The molecule has 1 aromatic heterocycles. The van der Waals surface area contributed by atoms with Crippen LogP contribution in [0.15, 0.2) is 39.7 Å². The molecule has 0 fully saturated rings. The highest BCUT2D eigenvalue weighted by Crippen LogP contribution is 2.15. The summed E-state index contributed by atoms with van der Waals surface area (Å²) >= 11 is 3.20. The Morgan fingerprint density at radius 2 is 2.14 bits per heavy atom. The molecule has 6 heteroatoms. The first-order valence-corrected chi connectivity index (χ1v) is 7.50. The summed E-state index contributed by atoms with van der Waals surface area (Å²) in [5.74, 6) is 0.115. The molecule has 0 saturated heterocycles. The lowest BCUT2D eigenvalue weighted by molar-refractivity contribution is 0.571. The first-order valence-electron chi connectivity index (χ1n) is 6.70. The summed E-state index contributed by atoms with van der Waals surface area (Å²) in [4.78, 5) is 12.0. The van der Waals surface area contributed by atoms with Crippen LogP contribution in [0.25, 0.3) is 0 Å². The van der Waals surface area contributed by atoms with E-state index < -0.39 is 0 Å². The standard InChI is InChI=1S/C15H17BrFN3O/c1-10(2)7-18-13-6-15(21)20(19-8-13)9-11-3-4-12(16)5-14(11)17/h3-6,8,10,18H,7,9H2,1-2H3. The van der Waals surface area contributed by atoms with Gasteiger partial charge in [-0.25, -0.2) is 9.07 Å². The fraction of sp³-hybridized carbons (Fsp3) is 0.333. The molecule has 0 aliphatic heterocycles. The molecule has 0 atom stereocenters. The molecule has 112 valence electrons. The largest absolute Gasteiger partial charge is 0.383 e. The third kappa shape index (κ3) is 4.39. The van der Waals surface area contributed by atoms with Crippen LogP contribution in [0.3, 0.4) is 0 Å². The Balaban J connectivity index is 2.16. The number of halogens is 2. The quantitative estimate of drug-likeness (QED) is 0.897. The van der Waals surface area contributed by atoms with Gasteiger partial charge in [-0.1, -0.05) is 35.8 Å². The van der Waals surface area contributed by atoms with Gasteiger partial charge in [-0.2, -0.15) is 5.10 Å². The number of aromatic nitrogens is 2. The van der Waals surface area contributed by atoms with Crippen LogP contribution in [-0.2, 0) is 6.54 Å². The maximum atomic E-state index is 13.8. The van der Waals surface area contributed by atoms with Gasteiger partial charge in [0.05, 0.1) is 18.4 Å². The first kappa shape index (κ1) is 15.7. The zero-order chi connectivity index (χ0) is 15.4. The second-order valence-corrected chi connectivity index (χ2v) is 6.17. The number of benzene rings is 1. The van der Waals surface area contributed by atoms with Crippen LogP contribution in [0.5, 0.6) is 0 Å². The number of rotatable bonds is 5. The molecule has 0 amide bonds.